The van der Waals surface area contributed by atoms with Crippen LogP contribution in [-0.4, -0.2) is 29.4 Å². The van der Waals surface area contributed by atoms with Gasteiger partial charge < -0.3 is 0 Å². The lowest BCUT2D eigenvalue weighted by atomic mass is 10.2. The zero-order chi connectivity index (χ0) is 14.7. The molecule has 0 saturated heterocycles. The number of aryl methyl sites for hydroxylation is 3. The average molecular weight is 282 g/mol. The van der Waals surface area contributed by atoms with Crippen LogP contribution in [0.1, 0.15) is 18.2 Å². The van der Waals surface area contributed by atoms with E-state index >= 15 is 0 Å². The molecule has 0 spiro atoms. The Balaban J connectivity index is 2.43. The van der Waals surface area contributed by atoms with Crippen LogP contribution in [0.4, 0.5) is 0 Å². The van der Waals surface area contributed by atoms with Crippen LogP contribution in [-0.2, 0) is 13.5 Å². The third kappa shape index (κ3) is 1.37. The van der Waals surface area contributed by atoms with Gasteiger partial charge in [-0.05, 0) is 13.3 Å². The van der Waals surface area contributed by atoms with Crippen LogP contribution in [0.15, 0.2) is 17.2 Å². The number of nitrogens with one attached hydrogen (secondary N) is 1. The summed E-state index contributed by atoms with van der Waals surface area (Å²) in [5.74, 6) is 0. The molecule has 0 amide bonds. The second-order valence-electron chi connectivity index (χ2n) is 5.17. The van der Waals surface area contributed by atoms with E-state index in [1.165, 1.54) is 0 Å². The zero-order valence-corrected chi connectivity index (χ0v) is 12.0. The molecule has 4 aromatic heterocycles. The molecule has 21 heavy (non-hydrogen) atoms. The minimum Gasteiger partial charge on any atom is -0.295 e. The highest BCUT2D eigenvalue weighted by molar-refractivity contribution is 6.02. The van der Waals surface area contributed by atoms with E-state index in [1.807, 2.05) is 11.4 Å². The Kier molecular flexibility index (Phi) is 2.25. The van der Waals surface area contributed by atoms with Gasteiger partial charge in [-0.2, -0.15) is 10.2 Å². The fraction of sp³-hybridized carbons (Fsp3) is 0.286. The van der Waals surface area contributed by atoms with Gasteiger partial charge in [-0.1, -0.05) is 6.92 Å². The van der Waals surface area contributed by atoms with Crippen LogP contribution in [0.5, 0.6) is 0 Å². The molecule has 4 aromatic rings. The number of H-pyrrole nitrogens is 1. The normalized spacial score (nSPS) is 12.0. The SMILES string of the molecule is CCc1c(C)nn2c3c(cnc4[nH]ncc43)c(=O)n(C)c12. The summed E-state index contributed by atoms with van der Waals surface area (Å²) in [7, 11) is 1.77. The van der Waals surface area contributed by atoms with Crippen molar-refractivity contribution in [3.63, 3.8) is 0 Å². The minimum atomic E-state index is -0.0669. The maximum atomic E-state index is 12.6. The highest BCUT2D eigenvalue weighted by atomic mass is 16.1. The summed E-state index contributed by atoms with van der Waals surface area (Å²) in [6, 6.07) is 0. The van der Waals surface area contributed by atoms with Crippen LogP contribution >= 0.6 is 0 Å². The Hall–Kier alpha value is -2.70. The Morgan fingerprint density at radius 2 is 2.10 bits per heavy atom. The summed E-state index contributed by atoms with van der Waals surface area (Å²) in [4.78, 5) is 16.9. The maximum absolute atomic E-state index is 12.6. The molecule has 0 aromatic carbocycles. The summed E-state index contributed by atoms with van der Waals surface area (Å²) in [5, 5.41) is 12.8. The first kappa shape index (κ1) is 12.1. The standard InChI is InChI=1S/C14H14N6O/c1-4-8-7(2)18-20-11-9-6-16-17-12(9)15-5-10(11)14(21)19(3)13(8)20/h5-6H,4H2,1-3H3,(H,15,16,17). The summed E-state index contributed by atoms with van der Waals surface area (Å²) in [5.41, 5.74) is 4.21. The van der Waals surface area contributed by atoms with Crippen molar-refractivity contribution in [3.05, 3.63) is 34.0 Å². The first-order chi connectivity index (χ1) is 10.1. The van der Waals surface area contributed by atoms with Crippen molar-refractivity contribution >= 4 is 27.6 Å². The molecule has 0 saturated carbocycles. The summed E-state index contributed by atoms with van der Waals surface area (Å²) >= 11 is 0. The van der Waals surface area contributed by atoms with Crippen LogP contribution in [0.3, 0.4) is 0 Å². The summed E-state index contributed by atoms with van der Waals surface area (Å²) < 4.78 is 3.49. The van der Waals surface area contributed by atoms with Gasteiger partial charge in [0.25, 0.3) is 5.56 Å². The highest BCUT2D eigenvalue weighted by Crippen LogP contribution is 2.23. The van der Waals surface area contributed by atoms with Gasteiger partial charge in [0.1, 0.15) is 5.65 Å². The number of hydrogen-bond acceptors (Lipinski definition) is 4. The fourth-order valence-corrected chi connectivity index (χ4v) is 3.01. The van der Waals surface area contributed by atoms with Gasteiger partial charge in [0, 0.05) is 18.8 Å². The number of pyridine rings is 1. The van der Waals surface area contributed by atoms with E-state index in [9.17, 15) is 4.79 Å². The lowest BCUT2D eigenvalue weighted by Gasteiger charge is -2.08. The first-order valence-corrected chi connectivity index (χ1v) is 6.82. The fourth-order valence-electron chi connectivity index (χ4n) is 3.01. The molecule has 0 aliphatic heterocycles. The molecule has 0 aliphatic carbocycles. The number of aromatic amines is 1. The smallest absolute Gasteiger partial charge is 0.262 e. The van der Waals surface area contributed by atoms with E-state index in [4.69, 9.17) is 0 Å². The molecule has 7 heteroatoms. The predicted molar refractivity (Wildman–Crippen MR) is 79.5 cm³/mol. The van der Waals surface area contributed by atoms with Gasteiger partial charge in [0.2, 0.25) is 0 Å². The molecule has 4 heterocycles. The largest absolute Gasteiger partial charge is 0.295 e. The van der Waals surface area contributed by atoms with Crippen molar-refractivity contribution in [1.82, 2.24) is 29.4 Å². The lowest BCUT2D eigenvalue weighted by Crippen LogP contribution is -2.20. The van der Waals surface area contributed by atoms with Gasteiger partial charge in [-0.25, -0.2) is 9.50 Å². The molecule has 0 aliphatic rings. The van der Waals surface area contributed by atoms with Gasteiger partial charge >= 0.3 is 0 Å². The number of nitrogens with zero attached hydrogens (tertiary/aromatic N) is 5. The zero-order valence-electron chi connectivity index (χ0n) is 12.0. The van der Waals surface area contributed by atoms with Crippen LogP contribution < -0.4 is 5.56 Å². The van der Waals surface area contributed by atoms with Crippen molar-refractivity contribution in [2.45, 2.75) is 20.3 Å². The van der Waals surface area contributed by atoms with E-state index in [0.717, 1.165) is 34.2 Å². The highest BCUT2D eigenvalue weighted by Gasteiger charge is 2.18. The monoisotopic (exact) mass is 282 g/mol. The molecule has 0 bridgehead atoms. The molecule has 4 rings (SSSR count). The van der Waals surface area contributed by atoms with Crippen molar-refractivity contribution in [2.24, 2.45) is 7.05 Å². The molecular weight excluding hydrogens is 268 g/mol. The molecule has 106 valence electrons. The maximum Gasteiger partial charge on any atom is 0.262 e. The summed E-state index contributed by atoms with van der Waals surface area (Å²) in [6.07, 6.45) is 4.10. The van der Waals surface area contributed by atoms with Gasteiger partial charge in [-0.15, -0.1) is 0 Å². The number of aromatic nitrogens is 6. The minimum absolute atomic E-state index is 0.0669. The third-order valence-electron chi connectivity index (χ3n) is 4.03. The van der Waals surface area contributed by atoms with Crippen molar-refractivity contribution in [1.29, 1.82) is 0 Å². The van der Waals surface area contributed by atoms with Crippen LogP contribution in [0.25, 0.3) is 27.6 Å². The molecule has 7 nitrogen and oxygen atoms in total. The second-order valence-corrected chi connectivity index (χ2v) is 5.17. The molecule has 0 radical (unpaired) electrons. The molecule has 0 fully saturated rings. The predicted octanol–water partition coefficient (Wildman–Crippen LogP) is 1.33. The van der Waals surface area contributed by atoms with E-state index < -0.39 is 0 Å². The first-order valence-electron chi connectivity index (χ1n) is 6.82. The van der Waals surface area contributed by atoms with E-state index in [0.29, 0.717) is 11.0 Å². The topological polar surface area (TPSA) is 80.9 Å². The van der Waals surface area contributed by atoms with Gasteiger partial charge in [0.15, 0.2) is 5.65 Å². The van der Waals surface area contributed by atoms with Crippen LogP contribution in [0, 0.1) is 6.92 Å². The average Bonchev–Trinajstić information content (AvgIpc) is 3.07. The van der Waals surface area contributed by atoms with Crippen molar-refractivity contribution in [2.75, 3.05) is 0 Å². The summed E-state index contributed by atoms with van der Waals surface area (Å²) in [6.45, 7) is 4.04. The Labute approximate surface area is 119 Å². The van der Waals surface area contributed by atoms with Gasteiger partial charge in [-0.3, -0.25) is 14.5 Å². The van der Waals surface area contributed by atoms with E-state index in [1.54, 1.807) is 24.0 Å². The number of rotatable bonds is 1. The second kappa shape index (κ2) is 3.91. The molecule has 0 unspecified atom stereocenters. The quantitative estimate of drug-likeness (QED) is 0.571. The van der Waals surface area contributed by atoms with Crippen molar-refractivity contribution < 1.29 is 0 Å². The molecule has 0 atom stereocenters. The van der Waals surface area contributed by atoms with Crippen molar-refractivity contribution in [3.8, 4) is 0 Å². The van der Waals surface area contributed by atoms with E-state index in [2.05, 4.69) is 27.2 Å². The van der Waals surface area contributed by atoms with E-state index in [-0.39, 0.29) is 5.56 Å². The lowest BCUT2D eigenvalue weighted by molar-refractivity contribution is 0.843. The van der Waals surface area contributed by atoms with Crippen LogP contribution in [0.2, 0.25) is 0 Å². The number of hydrogen-bond donors (Lipinski definition) is 1. The molecular formula is C14H14N6O. The Bertz CT molecular complexity index is 1070. The Morgan fingerprint density at radius 3 is 2.86 bits per heavy atom. The Morgan fingerprint density at radius 1 is 1.29 bits per heavy atom. The third-order valence-corrected chi connectivity index (χ3v) is 4.03. The molecule has 1 N–H and O–H groups in total. The number of fused-ring (bicyclic) bond motifs is 5. The van der Waals surface area contributed by atoms with Gasteiger partial charge in [0.05, 0.1) is 28.2 Å².